The molecular formula is C12H24N2O3S. The third-order valence-corrected chi connectivity index (χ3v) is 5.61. The van der Waals surface area contributed by atoms with Crippen molar-refractivity contribution in [3.05, 3.63) is 0 Å². The van der Waals surface area contributed by atoms with E-state index in [0.29, 0.717) is 6.54 Å². The molecule has 1 saturated carbocycles. The predicted octanol–water partition coefficient (Wildman–Crippen LogP) is 0.460. The lowest BCUT2D eigenvalue weighted by Crippen LogP contribution is -2.30. The van der Waals surface area contributed by atoms with E-state index in [1.54, 1.807) is 0 Å². The summed E-state index contributed by atoms with van der Waals surface area (Å²) in [5.41, 5.74) is 0. The maximum atomic E-state index is 11.9. The van der Waals surface area contributed by atoms with Crippen LogP contribution in [0.3, 0.4) is 0 Å². The van der Waals surface area contributed by atoms with Crippen molar-refractivity contribution in [3.63, 3.8) is 0 Å². The van der Waals surface area contributed by atoms with Crippen LogP contribution in [0.1, 0.15) is 38.5 Å². The molecule has 1 aliphatic carbocycles. The first-order valence-corrected chi connectivity index (χ1v) is 8.40. The molecule has 0 heterocycles. The summed E-state index contributed by atoms with van der Waals surface area (Å²) in [6.07, 6.45) is 4.49. The zero-order chi connectivity index (χ0) is 13.4. The molecule has 1 rings (SSSR count). The number of amides is 1. The van der Waals surface area contributed by atoms with Crippen molar-refractivity contribution in [3.8, 4) is 0 Å². The minimum Gasteiger partial charge on any atom is -0.356 e. The van der Waals surface area contributed by atoms with Crippen LogP contribution < -0.4 is 10.6 Å². The Morgan fingerprint density at radius 3 is 2.50 bits per heavy atom. The van der Waals surface area contributed by atoms with Crippen LogP contribution in [-0.4, -0.2) is 45.5 Å². The number of carbonyl (C=O) groups is 1. The molecule has 0 aromatic rings. The maximum Gasteiger partial charge on any atom is 0.221 e. The Kier molecular flexibility index (Phi) is 6.63. The largest absolute Gasteiger partial charge is 0.356 e. The highest BCUT2D eigenvalue weighted by Crippen LogP contribution is 2.25. The van der Waals surface area contributed by atoms with Gasteiger partial charge in [0.25, 0.3) is 0 Å². The number of carbonyl (C=O) groups excluding carboxylic acids is 1. The summed E-state index contributed by atoms with van der Waals surface area (Å²) in [4.78, 5) is 11.5. The summed E-state index contributed by atoms with van der Waals surface area (Å²) in [5.74, 6) is -0.164. The lowest BCUT2D eigenvalue weighted by Gasteiger charge is -2.10. The van der Waals surface area contributed by atoms with E-state index in [4.69, 9.17) is 0 Å². The van der Waals surface area contributed by atoms with Gasteiger partial charge in [-0.2, -0.15) is 0 Å². The van der Waals surface area contributed by atoms with Gasteiger partial charge in [-0.05, 0) is 32.9 Å². The number of hydrogen-bond acceptors (Lipinski definition) is 4. The van der Waals surface area contributed by atoms with E-state index in [2.05, 4.69) is 10.6 Å². The van der Waals surface area contributed by atoms with Crippen molar-refractivity contribution in [2.45, 2.75) is 43.8 Å². The SMILES string of the molecule is CNCCCNC(=O)CCS(=O)(=O)C1CCCC1. The Balaban J connectivity index is 2.20. The number of nitrogens with one attached hydrogen (secondary N) is 2. The van der Waals surface area contributed by atoms with E-state index in [-0.39, 0.29) is 23.3 Å². The van der Waals surface area contributed by atoms with E-state index in [9.17, 15) is 13.2 Å². The normalized spacial score (nSPS) is 16.9. The highest BCUT2D eigenvalue weighted by molar-refractivity contribution is 7.92. The predicted molar refractivity (Wildman–Crippen MR) is 72.2 cm³/mol. The Labute approximate surface area is 110 Å². The fourth-order valence-electron chi connectivity index (χ4n) is 2.23. The standard InChI is InChI=1S/C12H24N2O3S/c1-13-8-4-9-14-12(15)7-10-18(16,17)11-5-2-3-6-11/h11,13H,2-10H2,1H3,(H,14,15). The first-order chi connectivity index (χ1) is 8.56. The van der Waals surface area contributed by atoms with Gasteiger partial charge in [-0.15, -0.1) is 0 Å². The molecule has 0 unspecified atom stereocenters. The van der Waals surface area contributed by atoms with Crippen molar-refractivity contribution in [2.75, 3.05) is 25.9 Å². The molecule has 6 heteroatoms. The van der Waals surface area contributed by atoms with Crippen LogP contribution in [0, 0.1) is 0 Å². The summed E-state index contributed by atoms with van der Waals surface area (Å²) in [5, 5.41) is 5.53. The molecule has 1 amide bonds. The van der Waals surface area contributed by atoms with Crippen molar-refractivity contribution < 1.29 is 13.2 Å². The van der Waals surface area contributed by atoms with Gasteiger partial charge in [-0.25, -0.2) is 8.42 Å². The summed E-state index contributed by atoms with van der Waals surface area (Å²) < 4.78 is 23.8. The molecule has 2 N–H and O–H groups in total. The minimum absolute atomic E-state index is 0.00444. The molecule has 5 nitrogen and oxygen atoms in total. The molecule has 106 valence electrons. The molecule has 0 aromatic carbocycles. The lowest BCUT2D eigenvalue weighted by atomic mass is 10.4. The topological polar surface area (TPSA) is 75.3 Å². The summed E-state index contributed by atoms with van der Waals surface area (Å²) in [6, 6.07) is 0. The summed E-state index contributed by atoms with van der Waals surface area (Å²) >= 11 is 0. The average Bonchev–Trinajstić information content (AvgIpc) is 2.87. The van der Waals surface area contributed by atoms with Crippen LogP contribution in [0.5, 0.6) is 0 Å². The third-order valence-electron chi connectivity index (χ3n) is 3.35. The Morgan fingerprint density at radius 2 is 1.89 bits per heavy atom. The molecule has 1 aliphatic rings. The monoisotopic (exact) mass is 276 g/mol. The van der Waals surface area contributed by atoms with Crippen LogP contribution in [0.15, 0.2) is 0 Å². The van der Waals surface area contributed by atoms with Crippen LogP contribution in [0.4, 0.5) is 0 Å². The maximum absolute atomic E-state index is 11.9. The smallest absolute Gasteiger partial charge is 0.221 e. The Morgan fingerprint density at radius 1 is 1.22 bits per heavy atom. The van der Waals surface area contributed by atoms with Crippen LogP contribution in [0.2, 0.25) is 0 Å². The van der Waals surface area contributed by atoms with Gasteiger partial charge in [0.15, 0.2) is 9.84 Å². The van der Waals surface area contributed by atoms with Gasteiger partial charge in [-0.3, -0.25) is 4.79 Å². The highest BCUT2D eigenvalue weighted by Gasteiger charge is 2.28. The molecule has 0 saturated heterocycles. The van der Waals surface area contributed by atoms with Crippen molar-refractivity contribution in [2.24, 2.45) is 0 Å². The summed E-state index contributed by atoms with van der Waals surface area (Å²) in [6.45, 7) is 1.45. The van der Waals surface area contributed by atoms with E-state index >= 15 is 0 Å². The van der Waals surface area contributed by atoms with E-state index < -0.39 is 9.84 Å². The Bertz CT molecular complexity index is 348. The molecule has 0 bridgehead atoms. The molecule has 0 aliphatic heterocycles. The fourth-order valence-corrected chi connectivity index (χ4v) is 4.09. The number of sulfone groups is 1. The van der Waals surface area contributed by atoms with Gasteiger partial charge in [-0.1, -0.05) is 12.8 Å². The highest BCUT2D eigenvalue weighted by atomic mass is 32.2. The van der Waals surface area contributed by atoms with Crippen molar-refractivity contribution in [1.29, 1.82) is 0 Å². The van der Waals surface area contributed by atoms with Gasteiger partial charge < -0.3 is 10.6 Å². The van der Waals surface area contributed by atoms with Gasteiger partial charge in [0.2, 0.25) is 5.91 Å². The molecule has 0 radical (unpaired) electrons. The first-order valence-electron chi connectivity index (χ1n) is 6.69. The zero-order valence-corrected chi connectivity index (χ0v) is 11.9. The minimum atomic E-state index is -3.06. The second kappa shape index (κ2) is 7.74. The average molecular weight is 276 g/mol. The molecular weight excluding hydrogens is 252 g/mol. The molecule has 1 fully saturated rings. The van der Waals surface area contributed by atoms with Gasteiger partial charge >= 0.3 is 0 Å². The lowest BCUT2D eigenvalue weighted by molar-refractivity contribution is -0.120. The number of rotatable bonds is 8. The fraction of sp³-hybridized carbons (Fsp3) is 0.917. The Hall–Kier alpha value is -0.620. The first kappa shape index (κ1) is 15.4. The van der Waals surface area contributed by atoms with Gasteiger partial charge in [0, 0.05) is 13.0 Å². The molecule has 0 atom stereocenters. The van der Waals surface area contributed by atoms with Gasteiger partial charge in [0.1, 0.15) is 0 Å². The van der Waals surface area contributed by atoms with E-state index in [1.165, 1.54) is 0 Å². The molecule has 0 aromatic heterocycles. The van der Waals surface area contributed by atoms with E-state index in [0.717, 1.165) is 38.6 Å². The molecule has 0 spiro atoms. The van der Waals surface area contributed by atoms with Crippen molar-refractivity contribution in [1.82, 2.24) is 10.6 Å². The summed E-state index contributed by atoms with van der Waals surface area (Å²) in [7, 11) is -1.21. The third kappa shape index (κ3) is 5.35. The second-order valence-corrected chi connectivity index (χ2v) is 7.23. The van der Waals surface area contributed by atoms with Gasteiger partial charge in [0.05, 0.1) is 11.0 Å². The zero-order valence-electron chi connectivity index (χ0n) is 11.1. The van der Waals surface area contributed by atoms with E-state index in [1.807, 2.05) is 7.05 Å². The number of hydrogen-bond donors (Lipinski definition) is 2. The second-order valence-electron chi connectivity index (χ2n) is 4.83. The van der Waals surface area contributed by atoms with Crippen molar-refractivity contribution >= 4 is 15.7 Å². The van der Waals surface area contributed by atoms with Crippen LogP contribution >= 0.6 is 0 Å². The molecule has 18 heavy (non-hydrogen) atoms. The van der Waals surface area contributed by atoms with Crippen LogP contribution in [-0.2, 0) is 14.6 Å². The quantitative estimate of drug-likeness (QED) is 0.632. The van der Waals surface area contributed by atoms with Crippen LogP contribution in [0.25, 0.3) is 0 Å².